The van der Waals surface area contributed by atoms with Gasteiger partial charge >= 0.3 is 0 Å². The first kappa shape index (κ1) is 22.0. The van der Waals surface area contributed by atoms with Crippen molar-refractivity contribution in [3.63, 3.8) is 0 Å². The Balaban J connectivity index is 0.000000199. The van der Waals surface area contributed by atoms with Crippen LogP contribution in [0.1, 0.15) is 55.2 Å². The van der Waals surface area contributed by atoms with E-state index < -0.39 is 0 Å². The highest BCUT2D eigenvalue weighted by atomic mass is 16.1. The fraction of sp³-hybridized carbons (Fsp3) is 0.440. The second-order valence-corrected chi connectivity index (χ2v) is 8.07. The van der Waals surface area contributed by atoms with E-state index in [1.165, 1.54) is 34.9 Å². The number of fused-ring (bicyclic) bond motifs is 1. The monoisotopic (exact) mass is 406 g/mol. The number of nitrogens with one attached hydrogen (secondary N) is 3. The largest absolute Gasteiger partial charge is 0.359 e. The SMILES string of the molecule is CCC(c1cccc(C)c1)c1c[nH]c2ncccc12.O=CNCCC1CCNCC1. The van der Waals surface area contributed by atoms with E-state index in [4.69, 9.17) is 0 Å². The molecule has 0 bridgehead atoms. The Morgan fingerprint density at radius 3 is 2.80 bits per heavy atom. The van der Waals surface area contributed by atoms with E-state index in [0.717, 1.165) is 50.5 Å². The number of carbonyl (C=O) groups excluding carboxylic acids is 1. The van der Waals surface area contributed by atoms with Crippen LogP contribution in [0.3, 0.4) is 0 Å². The van der Waals surface area contributed by atoms with Crippen molar-refractivity contribution in [1.29, 1.82) is 0 Å². The number of hydrogen-bond acceptors (Lipinski definition) is 3. The van der Waals surface area contributed by atoms with Crippen LogP contribution in [0.15, 0.2) is 48.8 Å². The minimum Gasteiger partial charge on any atom is -0.359 e. The Bertz CT molecular complexity index is 914. The number of rotatable bonds is 7. The van der Waals surface area contributed by atoms with E-state index in [-0.39, 0.29) is 0 Å². The van der Waals surface area contributed by atoms with Gasteiger partial charge in [-0.1, -0.05) is 36.8 Å². The van der Waals surface area contributed by atoms with Crippen LogP contribution < -0.4 is 10.6 Å². The fourth-order valence-electron chi connectivity index (χ4n) is 4.30. The topological polar surface area (TPSA) is 69.8 Å². The number of aromatic nitrogens is 2. The zero-order valence-electron chi connectivity index (χ0n) is 18.2. The average molecular weight is 407 g/mol. The van der Waals surface area contributed by atoms with Gasteiger partial charge in [0.15, 0.2) is 0 Å². The first-order chi connectivity index (χ1) is 14.7. The third-order valence-corrected chi connectivity index (χ3v) is 5.95. The number of nitrogens with zero attached hydrogens (tertiary/aromatic N) is 1. The first-order valence-electron chi connectivity index (χ1n) is 11.1. The number of pyridine rings is 1. The zero-order chi connectivity index (χ0) is 21.2. The molecule has 3 N–H and O–H groups in total. The molecule has 1 unspecified atom stereocenters. The molecule has 1 saturated heterocycles. The van der Waals surface area contributed by atoms with E-state index in [2.05, 4.69) is 71.0 Å². The summed E-state index contributed by atoms with van der Waals surface area (Å²) >= 11 is 0. The summed E-state index contributed by atoms with van der Waals surface area (Å²) in [6.45, 7) is 7.51. The number of aryl methyl sites for hydroxylation is 1. The van der Waals surface area contributed by atoms with Crippen molar-refractivity contribution in [2.45, 2.75) is 45.4 Å². The summed E-state index contributed by atoms with van der Waals surface area (Å²) in [4.78, 5) is 17.6. The van der Waals surface area contributed by atoms with Gasteiger partial charge in [-0.05, 0) is 74.9 Å². The van der Waals surface area contributed by atoms with Crippen molar-refractivity contribution in [2.75, 3.05) is 19.6 Å². The number of benzene rings is 1. The molecule has 0 aliphatic carbocycles. The molecule has 0 saturated carbocycles. The summed E-state index contributed by atoms with van der Waals surface area (Å²) in [5.41, 5.74) is 5.01. The highest BCUT2D eigenvalue weighted by Gasteiger charge is 2.16. The maximum absolute atomic E-state index is 9.92. The van der Waals surface area contributed by atoms with E-state index in [1.54, 1.807) is 0 Å². The van der Waals surface area contributed by atoms with Crippen LogP contribution in [0.4, 0.5) is 0 Å². The molecule has 3 heterocycles. The zero-order valence-corrected chi connectivity index (χ0v) is 18.2. The molecule has 1 fully saturated rings. The van der Waals surface area contributed by atoms with Crippen molar-refractivity contribution in [2.24, 2.45) is 5.92 Å². The molecule has 160 valence electrons. The molecule has 1 aliphatic rings. The number of aromatic amines is 1. The predicted octanol–water partition coefficient (Wildman–Crippen LogP) is 4.54. The molecule has 1 atom stereocenters. The molecule has 2 aromatic heterocycles. The van der Waals surface area contributed by atoms with Gasteiger partial charge in [-0.25, -0.2) is 4.98 Å². The minimum atomic E-state index is 0.429. The third kappa shape index (κ3) is 5.92. The highest BCUT2D eigenvalue weighted by Crippen LogP contribution is 2.32. The average Bonchev–Trinajstić information content (AvgIpc) is 3.20. The van der Waals surface area contributed by atoms with Crippen molar-refractivity contribution < 1.29 is 4.79 Å². The van der Waals surface area contributed by atoms with Gasteiger partial charge in [0, 0.05) is 30.2 Å². The molecular formula is C25H34N4O. The van der Waals surface area contributed by atoms with E-state index in [1.807, 2.05) is 12.3 Å². The Hall–Kier alpha value is -2.66. The third-order valence-electron chi connectivity index (χ3n) is 5.95. The number of H-pyrrole nitrogens is 1. The summed E-state index contributed by atoms with van der Waals surface area (Å²) in [5, 5.41) is 7.24. The van der Waals surface area contributed by atoms with Gasteiger partial charge in [0.05, 0.1) is 0 Å². The Morgan fingerprint density at radius 1 is 1.23 bits per heavy atom. The first-order valence-corrected chi connectivity index (χ1v) is 11.1. The van der Waals surface area contributed by atoms with E-state index in [0.29, 0.717) is 5.92 Å². The summed E-state index contributed by atoms with van der Waals surface area (Å²) < 4.78 is 0. The highest BCUT2D eigenvalue weighted by molar-refractivity contribution is 5.80. The lowest BCUT2D eigenvalue weighted by Gasteiger charge is -2.21. The molecule has 4 rings (SSSR count). The van der Waals surface area contributed by atoms with Gasteiger partial charge in [-0.2, -0.15) is 0 Å². The second kappa shape index (κ2) is 11.5. The quantitative estimate of drug-likeness (QED) is 0.399. The lowest BCUT2D eigenvalue weighted by atomic mass is 9.88. The van der Waals surface area contributed by atoms with Crippen molar-refractivity contribution in [1.82, 2.24) is 20.6 Å². The lowest BCUT2D eigenvalue weighted by Crippen LogP contribution is -2.29. The Labute approximate surface area is 179 Å². The van der Waals surface area contributed by atoms with Crippen LogP contribution in [-0.4, -0.2) is 36.0 Å². The number of piperidine rings is 1. The van der Waals surface area contributed by atoms with Gasteiger partial charge < -0.3 is 15.6 Å². The van der Waals surface area contributed by atoms with Crippen molar-refractivity contribution in [3.05, 3.63) is 65.5 Å². The number of carbonyl (C=O) groups is 1. The van der Waals surface area contributed by atoms with Gasteiger partial charge in [-0.3, -0.25) is 4.79 Å². The minimum absolute atomic E-state index is 0.429. The standard InChI is InChI=1S/C17H18N2.C8H16N2O/c1-3-14(13-7-4-6-12(2)10-13)16-11-19-17-15(16)8-5-9-18-17;11-7-10-6-3-8-1-4-9-5-2-8/h4-11,14H,3H2,1-2H3,(H,18,19);7-9H,1-6H2,(H,10,11). The summed E-state index contributed by atoms with van der Waals surface area (Å²) in [6.07, 6.45) is 9.47. The van der Waals surface area contributed by atoms with Gasteiger partial charge in [0.1, 0.15) is 5.65 Å². The van der Waals surface area contributed by atoms with Crippen LogP contribution in [0.25, 0.3) is 11.0 Å². The summed E-state index contributed by atoms with van der Waals surface area (Å²) in [7, 11) is 0. The van der Waals surface area contributed by atoms with Crippen LogP contribution in [0, 0.1) is 12.8 Å². The smallest absolute Gasteiger partial charge is 0.207 e. The summed E-state index contributed by atoms with van der Waals surface area (Å²) in [6, 6.07) is 12.9. The molecular weight excluding hydrogens is 372 g/mol. The van der Waals surface area contributed by atoms with Gasteiger partial charge in [0.25, 0.3) is 0 Å². The normalized spacial score (nSPS) is 15.3. The molecule has 3 aromatic rings. The number of hydrogen-bond donors (Lipinski definition) is 3. The van der Waals surface area contributed by atoms with Crippen LogP contribution in [-0.2, 0) is 4.79 Å². The second-order valence-electron chi connectivity index (χ2n) is 8.07. The van der Waals surface area contributed by atoms with Gasteiger partial charge in [0.2, 0.25) is 6.41 Å². The predicted molar refractivity (Wildman–Crippen MR) is 124 cm³/mol. The summed E-state index contributed by atoms with van der Waals surface area (Å²) in [5.74, 6) is 1.25. The van der Waals surface area contributed by atoms with E-state index >= 15 is 0 Å². The maximum atomic E-state index is 9.92. The molecule has 0 radical (unpaired) electrons. The molecule has 0 spiro atoms. The van der Waals surface area contributed by atoms with Crippen molar-refractivity contribution >= 4 is 17.4 Å². The molecule has 5 heteroatoms. The van der Waals surface area contributed by atoms with Gasteiger partial charge in [-0.15, -0.1) is 0 Å². The van der Waals surface area contributed by atoms with Crippen LogP contribution in [0.5, 0.6) is 0 Å². The van der Waals surface area contributed by atoms with E-state index in [9.17, 15) is 4.79 Å². The molecule has 1 amide bonds. The Morgan fingerprint density at radius 2 is 2.07 bits per heavy atom. The maximum Gasteiger partial charge on any atom is 0.207 e. The van der Waals surface area contributed by atoms with Crippen LogP contribution >= 0.6 is 0 Å². The van der Waals surface area contributed by atoms with Crippen molar-refractivity contribution in [3.8, 4) is 0 Å². The fourth-order valence-corrected chi connectivity index (χ4v) is 4.30. The number of amides is 1. The molecule has 30 heavy (non-hydrogen) atoms. The van der Waals surface area contributed by atoms with Crippen LogP contribution in [0.2, 0.25) is 0 Å². The molecule has 1 aromatic carbocycles. The molecule has 5 nitrogen and oxygen atoms in total. The molecule has 1 aliphatic heterocycles. The Kier molecular flexibility index (Phi) is 8.45. The lowest BCUT2D eigenvalue weighted by molar-refractivity contribution is -0.109.